The van der Waals surface area contributed by atoms with Gasteiger partial charge in [0.1, 0.15) is 5.76 Å². The third-order valence-electron chi connectivity index (χ3n) is 4.00. The molecule has 23 heavy (non-hydrogen) atoms. The maximum Gasteiger partial charge on any atom is 0.260 e. The van der Waals surface area contributed by atoms with Crippen LogP contribution in [-0.4, -0.2) is 40.6 Å². The molecule has 3 rings (SSSR count). The Morgan fingerprint density at radius 3 is 3.13 bits per heavy atom. The topological polar surface area (TPSA) is 68.5 Å². The lowest BCUT2D eigenvalue weighted by Gasteiger charge is -2.31. The molecule has 1 amide bonds. The summed E-state index contributed by atoms with van der Waals surface area (Å²) in [6.45, 7) is 5.39. The van der Waals surface area contributed by atoms with Gasteiger partial charge in [-0.2, -0.15) is 0 Å². The number of carbonyl (C=O) groups is 1. The Morgan fingerprint density at radius 1 is 1.57 bits per heavy atom. The van der Waals surface area contributed by atoms with Crippen molar-refractivity contribution in [1.82, 2.24) is 15.0 Å². The molecule has 1 fully saturated rings. The summed E-state index contributed by atoms with van der Waals surface area (Å²) >= 11 is 1.70. The van der Waals surface area contributed by atoms with Crippen molar-refractivity contribution >= 4 is 17.2 Å². The Balaban J connectivity index is 1.55. The van der Waals surface area contributed by atoms with Gasteiger partial charge in [0.25, 0.3) is 11.8 Å². The fourth-order valence-corrected chi connectivity index (χ4v) is 3.75. The van der Waals surface area contributed by atoms with Crippen LogP contribution in [0.25, 0.3) is 0 Å². The summed E-state index contributed by atoms with van der Waals surface area (Å²) in [6.07, 6.45) is 3.04. The summed E-state index contributed by atoms with van der Waals surface area (Å²) in [5.41, 5.74) is 1.14. The number of rotatable bonds is 5. The molecule has 7 heteroatoms. The highest BCUT2D eigenvalue weighted by Gasteiger charge is 2.27. The van der Waals surface area contributed by atoms with Crippen molar-refractivity contribution in [1.29, 1.82) is 0 Å². The lowest BCUT2D eigenvalue weighted by Crippen LogP contribution is -2.41. The minimum atomic E-state index is -0.0115. The Bertz CT molecular complexity index is 667. The van der Waals surface area contributed by atoms with Crippen molar-refractivity contribution in [2.75, 3.05) is 19.7 Å². The number of amides is 1. The van der Waals surface area contributed by atoms with Gasteiger partial charge in [0.2, 0.25) is 0 Å². The van der Waals surface area contributed by atoms with Gasteiger partial charge in [-0.1, -0.05) is 6.92 Å². The zero-order chi connectivity index (χ0) is 16.2. The first-order chi connectivity index (χ1) is 11.2. The van der Waals surface area contributed by atoms with Gasteiger partial charge in [0.15, 0.2) is 6.61 Å². The highest BCUT2D eigenvalue weighted by Crippen LogP contribution is 2.29. The fourth-order valence-electron chi connectivity index (χ4n) is 2.72. The van der Waals surface area contributed by atoms with E-state index in [1.54, 1.807) is 24.3 Å². The van der Waals surface area contributed by atoms with Gasteiger partial charge in [0.05, 0.1) is 10.7 Å². The summed E-state index contributed by atoms with van der Waals surface area (Å²) in [7, 11) is 0. The van der Waals surface area contributed by atoms with E-state index < -0.39 is 0 Å². The normalized spacial score (nSPS) is 18.2. The molecule has 0 bridgehead atoms. The van der Waals surface area contributed by atoms with Crippen LogP contribution >= 0.6 is 11.3 Å². The summed E-state index contributed by atoms with van der Waals surface area (Å²) in [5.74, 6) is 1.35. The van der Waals surface area contributed by atoms with Crippen molar-refractivity contribution in [3.8, 4) is 5.88 Å². The number of aryl methyl sites for hydroxylation is 2. The largest absolute Gasteiger partial charge is 0.465 e. The number of hydrogen-bond donors (Lipinski definition) is 0. The first-order valence-corrected chi connectivity index (χ1v) is 8.82. The molecule has 1 atom stereocenters. The van der Waals surface area contributed by atoms with Gasteiger partial charge in [-0.3, -0.25) is 4.79 Å². The molecule has 1 aliphatic rings. The van der Waals surface area contributed by atoms with Crippen LogP contribution in [-0.2, 0) is 11.2 Å². The van der Waals surface area contributed by atoms with E-state index in [1.165, 1.54) is 0 Å². The SMILES string of the molecule is CCc1csc([C@@H]2CCCN(C(=O)COc3cc(C)on3)C2)n1. The number of nitrogens with zero attached hydrogens (tertiary/aromatic N) is 3. The molecule has 1 saturated heterocycles. The van der Waals surface area contributed by atoms with Crippen LogP contribution < -0.4 is 4.74 Å². The van der Waals surface area contributed by atoms with E-state index in [-0.39, 0.29) is 12.5 Å². The Labute approximate surface area is 139 Å². The highest BCUT2D eigenvalue weighted by molar-refractivity contribution is 7.09. The van der Waals surface area contributed by atoms with E-state index in [2.05, 4.69) is 22.4 Å². The standard InChI is InChI=1S/C16H21N3O3S/c1-3-13-10-23-16(17-13)12-5-4-6-19(8-12)15(20)9-21-14-7-11(2)22-18-14/h7,10,12H,3-6,8-9H2,1-2H3/t12-/m1/s1. The Hall–Kier alpha value is -1.89. The number of thiazole rings is 1. The first kappa shape index (κ1) is 16.0. The molecule has 1 aliphatic heterocycles. The highest BCUT2D eigenvalue weighted by atomic mass is 32.1. The van der Waals surface area contributed by atoms with Gasteiger partial charge in [-0.15, -0.1) is 11.3 Å². The third kappa shape index (κ3) is 3.90. The van der Waals surface area contributed by atoms with Crippen LogP contribution in [0.5, 0.6) is 5.88 Å². The summed E-state index contributed by atoms with van der Waals surface area (Å²) in [5, 5.41) is 6.99. The predicted molar refractivity (Wildman–Crippen MR) is 86.8 cm³/mol. The van der Waals surface area contributed by atoms with E-state index in [0.717, 1.165) is 43.1 Å². The molecule has 2 aromatic rings. The van der Waals surface area contributed by atoms with Gasteiger partial charge in [-0.05, 0) is 31.3 Å². The second-order valence-corrected chi connectivity index (χ2v) is 6.66. The third-order valence-corrected chi connectivity index (χ3v) is 5.06. The van der Waals surface area contributed by atoms with E-state index in [1.807, 2.05) is 4.90 Å². The summed E-state index contributed by atoms with van der Waals surface area (Å²) in [4.78, 5) is 18.9. The maximum atomic E-state index is 12.3. The number of carbonyl (C=O) groups excluding carboxylic acids is 1. The molecule has 0 N–H and O–H groups in total. The molecule has 0 aliphatic carbocycles. The molecule has 0 unspecified atom stereocenters. The molecule has 6 nitrogen and oxygen atoms in total. The molecule has 0 aromatic carbocycles. The molecule has 2 aromatic heterocycles. The van der Waals surface area contributed by atoms with Crippen molar-refractivity contribution in [2.24, 2.45) is 0 Å². The molecular weight excluding hydrogens is 314 g/mol. The van der Waals surface area contributed by atoms with Gasteiger partial charge >= 0.3 is 0 Å². The molecule has 124 valence electrons. The smallest absolute Gasteiger partial charge is 0.260 e. The second-order valence-electron chi connectivity index (χ2n) is 5.77. The zero-order valence-corrected chi connectivity index (χ0v) is 14.3. The zero-order valence-electron chi connectivity index (χ0n) is 13.4. The first-order valence-electron chi connectivity index (χ1n) is 7.94. The summed E-state index contributed by atoms with van der Waals surface area (Å²) < 4.78 is 10.3. The lowest BCUT2D eigenvalue weighted by molar-refractivity contribution is -0.134. The minimum absolute atomic E-state index is 0.00320. The Kier molecular flexibility index (Phi) is 4.95. The predicted octanol–water partition coefficient (Wildman–Crippen LogP) is 2.79. The quantitative estimate of drug-likeness (QED) is 0.840. The number of aromatic nitrogens is 2. The van der Waals surface area contributed by atoms with Crippen LogP contribution in [0.1, 0.15) is 42.1 Å². The van der Waals surface area contributed by atoms with Crippen LogP contribution in [0.3, 0.4) is 0 Å². The average Bonchev–Trinajstić information content (AvgIpc) is 3.21. The monoisotopic (exact) mass is 335 g/mol. The van der Waals surface area contributed by atoms with E-state index in [9.17, 15) is 4.79 Å². The van der Waals surface area contributed by atoms with Gasteiger partial charge in [-0.25, -0.2) is 4.98 Å². The lowest BCUT2D eigenvalue weighted by atomic mass is 9.98. The number of piperidine rings is 1. The molecule has 0 saturated carbocycles. The van der Waals surface area contributed by atoms with Crippen LogP contribution in [0.4, 0.5) is 0 Å². The van der Waals surface area contributed by atoms with Crippen molar-refractivity contribution in [3.05, 3.63) is 27.9 Å². The van der Waals surface area contributed by atoms with Crippen molar-refractivity contribution in [3.63, 3.8) is 0 Å². The number of ether oxygens (including phenoxy) is 1. The van der Waals surface area contributed by atoms with Crippen LogP contribution in [0.15, 0.2) is 16.0 Å². The minimum Gasteiger partial charge on any atom is -0.465 e. The molecule has 0 spiro atoms. The van der Waals surface area contributed by atoms with Crippen molar-refractivity contribution in [2.45, 2.75) is 39.0 Å². The fraction of sp³-hybridized carbons (Fsp3) is 0.562. The van der Waals surface area contributed by atoms with E-state index in [4.69, 9.17) is 9.26 Å². The molecule has 0 radical (unpaired) electrons. The van der Waals surface area contributed by atoms with E-state index >= 15 is 0 Å². The van der Waals surface area contributed by atoms with Crippen molar-refractivity contribution < 1.29 is 14.1 Å². The number of hydrogen-bond acceptors (Lipinski definition) is 6. The van der Waals surface area contributed by atoms with Gasteiger partial charge in [0, 0.05) is 30.5 Å². The van der Waals surface area contributed by atoms with Crippen LogP contribution in [0.2, 0.25) is 0 Å². The molecular formula is C16H21N3O3S. The summed E-state index contributed by atoms with van der Waals surface area (Å²) in [6, 6.07) is 1.67. The number of likely N-dealkylation sites (tertiary alicyclic amines) is 1. The maximum absolute atomic E-state index is 12.3. The molecule has 3 heterocycles. The van der Waals surface area contributed by atoms with Gasteiger partial charge < -0.3 is 14.2 Å². The Morgan fingerprint density at radius 2 is 2.43 bits per heavy atom. The average molecular weight is 335 g/mol. The van der Waals surface area contributed by atoms with E-state index in [0.29, 0.717) is 17.6 Å². The second kappa shape index (κ2) is 7.12. The van der Waals surface area contributed by atoms with Crippen LogP contribution in [0, 0.1) is 6.92 Å².